The molecule has 316 valence electrons. The van der Waals surface area contributed by atoms with E-state index in [4.69, 9.17) is 17.4 Å². The van der Waals surface area contributed by atoms with Crippen LogP contribution in [0.25, 0.3) is 0 Å². The fourth-order valence-corrected chi connectivity index (χ4v) is 8.39. The number of carbonyl (C=O) groups excluding carboxylic acids is 4. The summed E-state index contributed by atoms with van der Waals surface area (Å²) in [6.07, 6.45) is 0.172. The van der Waals surface area contributed by atoms with Crippen molar-refractivity contribution in [2.75, 3.05) is 40.1 Å². The number of ether oxygens (including phenoxy) is 1. The number of halogens is 4. The van der Waals surface area contributed by atoms with Crippen molar-refractivity contribution in [3.63, 3.8) is 0 Å². The number of nitriles is 1. The predicted molar refractivity (Wildman–Crippen MR) is 223 cm³/mol. The molecule has 1 aromatic heterocycles. The average molecular weight is 857 g/mol. The molecule has 0 spiro atoms. The number of alkyl halides is 3. The zero-order valence-corrected chi connectivity index (χ0v) is 34.8. The molecule has 0 radical (unpaired) electrons. The van der Waals surface area contributed by atoms with Crippen molar-refractivity contribution >= 4 is 71.4 Å². The number of aromatic nitrogens is 1. The monoisotopic (exact) mass is 856 g/mol. The minimum Gasteiger partial charge on any atom is -0.493 e. The van der Waals surface area contributed by atoms with Crippen molar-refractivity contribution < 1.29 is 37.1 Å². The molecule has 3 saturated heterocycles. The number of imide groups is 1. The van der Waals surface area contributed by atoms with Gasteiger partial charge in [0.2, 0.25) is 17.7 Å². The van der Waals surface area contributed by atoms with Crippen molar-refractivity contribution in [1.82, 2.24) is 15.2 Å². The molecule has 6 rings (SSSR count). The van der Waals surface area contributed by atoms with Crippen molar-refractivity contribution in [3.05, 3.63) is 71.5 Å². The average Bonchev–Trinajstić information content (AvgIpc) is 3.37. The standard InChI is InChI=1S/C41H47F3N8O5S.ClH/c1-5-26-19-29(52-39(58)51(38(56)40(52,3)4)30-21-31(41(42,43)44)33(22-45)46-23-30)9-11-34(26)57-18-15-25-13-16-50(17-14-25)24(2)36(54)48-28-8-6-7-27(20-28)47-32-10-12-35(53)49-37(32)55;/h6-9,11,19-21,23-25,32,39,47,58H,5,10,12-18H2,1-4H3,(H,48,54)(H,49,53,55);1H/t24-,32-,39+;/m0./s1. The van der Waals surface area contributed by atoms with Gasteiger partial charge in [0.25, 0.3) is 5.91 Å². The van der Waals surface area contributed by atoms with E-state index >= 15 is 0 Å². The van der Waals surface area contributed by atoms with E-state index in [2.05, 4.69) is 25.8 Å². The number of rotatable bonds is 12. The first kappa shape index (κ1) is 45.0. The number of carbonyl (C=O) groups is 4. The lowest BCUT2D eigenvalue weighted by atomic mass is 9.93. The number of thiol groups is 1. The lowest BCUT2D eigenvalue weighted by molar-refractivity contribution is -0.138. The molecule has 0 bridgehead atoms. The largest absolute Gasteiger partial charge is 0.493 e. The van der Waals surface area contributed by atoms with E-state index in [0.717, 1.165) is 55.1 Å². The maximum atomic E-state index is 13.7. The Morgan fingerprint density at radius 3 is 2.46 bits per heavy atom. The van der Waals surface area contributed by atoms with Gasteiger partial charge in [-0.2, -0.15) is 18.4 Å². The highest BCUT2D eigenvalue weighted by atomic mass is 35.5. The lowest BCUT2D eigenvalue weighted by Crippen LogP contribution is -2.47. The van der Waals surface area contributed by atoms with Gasteiger partial charge >= 0.3 is 6.18 Å². The molecule has 3 aliphatic rings. The van der Waals surface area contributed by atoms with Gasteiger partial charge in [0, 0.05) is 23.5 Å². The number of anilines is 4. The number of nitrogens with one attached hydrogen (secondary N) is 3. The molecule has 3 fully saturated rings. The van der Waals surface area contributed by atoms with Crippen LogP contribution >= 0.6 is 25.0 Å². The maximum Gasteiger partial charge on any atom is 0.419 e. The number of benzene rings is 2. The van der Waals surface area contributed by atoms with E-state index in [9.17, 15) is 37.6 Å². The minimum atomic E-state index is -4.84. The highest BCUT2D eigenvalue weighted by Crippen LogP contribution is 2.43. The third-order valence-electron chi connectivity index (χ3n) is 11.1. The Balaban J connectivity index is 0.00000661. The first-order valence-corrected chi connectivity index (χ1v) is 19.8. The molecule has 3 aromatic rings. The van der Waals surface area contributed by atoms with Gasteiger partial charge in [-0.1, -0.05) is 13.0 Å². The van der Waals surface area contributed by atoms with Crippen LogP contribution in [-0.2, 0) is 31.8 Å². The third-order valence-corrected chi connectivity index (χ3v) is 11.6. The topological polar surface area (TPSA) is 160 Å². The molecule has 4 amide bonds. The summed E-state index contributed by atoms with van der Waals surface area (Å²) < 4.78 is 47.5. The first-order chi connectivity index (χ1) is 27.5. The highest BCUT2D eigenvalue weighted by Gasteiger charge is 2.52. The Kier molecular flexibility index (Phi) is 14.1. The van der Waals surface area contributed by atoms with Gasteiger partial charge < -0.3 is 20.3 Å². The van der Waals surface area contributed by atoms with Crippen LogP contribution in [0.5, 0.6) is 5.75 Å². The molecular weight excluding hydrogens is 809 g/mol. The molecule has 2 aromatic carbocycles. The summed E-state index contributed by atoms with van der Waals surface area (Å²) in [6, 6.07) is 14.1. The van der Waals surface area contributed by atoms with E-state index < -0.39 is 40.4 Å². The van der Waals surface area contributed by atoms with E-state index in [1.54, 1.807) is 43.0 Å². The number of piperidine rings is 2. The van der Waals surface area contributed by atoms with Crippen molar-refractivity contribution in [2.24, 2.45) is 5.92 Å². The molecule has 0 saturated carbocycles. The van der Waals surface area contributed by atoms with Crippen LogP contribution in [0.1, 0.15) is 76.6 Å². The Hall–Kier alpha value is -5.05. The summed E-state index contributed by atoms with van der Waals surface area (Å²) >= 11 is 4.70. The summed E-state index contributed by atoms with van der Waals surface area (Å²) in [4.78, 5) is 59.3. The molecule has 59 heavy (non-hydrogen) atoms. The van der Waals surface area contributed by atoms with Gasteiger partial charge in [0.1, 0.15) is 23.4 Å². The van der Waals surface area contributed by atoms with E-state index in [1.165, 1.54) is 6.07 Å². The number of aryl methyl sites for hydroxylation is 1. The van der Waals surface area contributed by atoms with Crippen molar-refractivity contribution in [1.29, 1.82) is 5.26 Å². The van der Waals surface area contributed by atoms with E-state index in [-0.39, 0.29) is 48.3 Å². The lowest BCUT2D eigenvalue weighted by Gasteiger charge is -2.35. The summed E-state index contributed by atoms with van der Waals surface area (Å²) in [7, 11) is 0. The highest BCUT2D eigenvalue weighted by molar-refractivity contribution is 7.81. The molecule has 0 aliphatic carbocycles. The van der Waals surface area contributed by atoms with Gasteiger partial charge in [-0.15, -0.1) is 25.0 Å². The molecule has 4 heterocycles. The SMILES string of the molecule is CCc1cc(N2[C@H](S)N(c3cnc(C#N)c(C(F)(F)F)c3)C(=O)C2(C)C)ccc1OCCC1CCN([C@@H](C)C(=O)Nc2cccc(N[C@H]3CCC(=O)NC3=O)c2)CC1.Cl. The molecule has 3 atom stereocenters. The number of hydrogen-bond donors (Lipinski definition) is 4. The quantitative estimate of drug-likeness (QED) is 0.117. The summed E-state index contributed by atoms with van der Waals surface area (Å²) in [5.41, 5.74) is -1.45. The van der Waals surface area contributed by atoms with Crippen molar-refractivity contribution in [2.45, 2.75) is 95.5 Å². The Labute approximate surface area is 352 Å². The fourth-order valence-electron chi connectivity index (χ4n) is 7.73. The van der Waals surface area contributed by atoms with Crippen LogP contribution in [-0.4, -0.2) is 76.3 Å². The second kappa shape index (κ2) is 18.5. The molecule has 18 heteroatoms. The van der Waals surface area contributed by atoms with Gasteiger partial charge in [0.05, 0.1) is 30.1 Å². The third kappa shape index (κ3) is 9.88. The van der Waals surface area contributed by atoms with Crippen LogP contribution in [0, 0.1) is 17.2 Å². The number of hydrogen-bond acceptors (Lipinski definition) is 11. The Morgan fingerprint density at radius 2 is 1.80 bits per heavy atom. The second-order valence-corrected chi connectivity index (χ2v) is 15.8. The van der Waals surface area contributed by atoms with Gasteiger partial charge in [0.15, 0.2) is 11.2 Å². The summed E-state index contributed by atoms with van der Waals surface area (Å²) in [5.74, 6) is -0.138. The van der Waals surface area contributed by atoms with Crippen LogP contribution in [0.4, 0.5) is 35.9 Å². The maximum absolute atomic E-state index is 13.7. The molecule has 3 N–H and O–H groups in total. The second-order valence-electron chi connectivity index (χ2n) is 15.3. The van der Waals surface area contributed by atoms with Gasteiger partial charge in [-0.25, -0.2) is 4.98 Å². The number of pyridine rings is 1. The van der Waals surface area contributed by atoms with E-state index in [0.29, 0.717) is 48.2 Å². The van der Waals surface area contributed by atoms with Crippen LogP contribution in [0.15, 0.2) is 54.7 Å². The number of nitrogens with zero attached hydrogens (tertiary/aromatic N) is 5. The fraction of sp³-hybridized carbons (Fsp3) is 0.463. The summed E-state index contributed by atoms with van der Waals surface area (Å²) in [6.45, 7) is 9.24. The van der Waals surface area contributed by atoms with Crippen LogP contribution in [0.2, 0.25) is 0 Å². The molecule has 13 nitrogen and oxygen atoms in total. The Morgan fingerprint density at radius 1 is 1.08 bits per heavy atom. The smallest absolute Gasteiger partial charge is 0.419 e. The number of likely N-dealkylation sites (tertiary alicyclic amines) is 1. The van der Waals surface area contributed by atoms with Crippen LogP contribution < -0.4 is 30.5 Å². The predicted octanol–water partition coefficient (Wildman–Crippen LogP) is 6.53. The van der Waals surface area contributed by atoms with Gasteiger partial charge in [-0.3, -0.25) is 34.3 Å². The molecular formula is C41H48ClF3N8O5S. The summed E-state index contributed by atoms with van der Waals surface area (Å²) in [5, 5.41) is 17.6. The first-order valence-electron chi connectivity index (χ1n) is 19.3. The normalized spacial score (nSPS) is 20.4. The minimum absolute atomic E-state index is 0. The Bertz CT molecular complexity index is 2110. The number of amides is 4. The van der Waals surface area contributed by atoms with Crippen molar-refractivity contribution in [3.8, 4) is 11.8 Å². The van der Waals surface area contributed by atoms with E-state index in [1.807, 2.05) is 32.0 Å². The zero-order valence-electron chi connectivity index (χ0n) is 33.1. The van der Waals surface area contributed by atoms with Gasteiger partial charge in [-0.05, 0) is 120 Å². The molecule has 0 unspecified atom stereocenters. The molecule has 3 aliphatic heterocycles. The zero-order chi connectivity index (χ0) is 41.9. The van der Waals surface area contributed by atoms with Crippen LogP contribution in [0.3, 0.4) is 0 Å².